The minimum Gasteiger partial charge on any atom is -0.493 e. The van der Waals surface area contributed by atoms with Crippen LogP contribution in [0.25, 0.3) is 5.57 Å². The van der Waals surface area contributed by atoms with E-state index in [0.29, 0.717) is 28.3 Å². The molecule has 0 aliphatic carbocycles. The summed E-state index contributed by atoms with van der Waals surface area (Å²) >= 11 is 0.500. The number of esters is 1. The number of halogens is 6. The molecule has 2 aliphatic heterocycles. The van der Waals surface area contributed by atoms with Gasteiger partial charge < -0.3 is 9.84 Å². The molecule has 1 aromatic heterocycles. The minimum absolute atomic E-state index is 0.0191. The van der Waals surface area contributed by atoms with E-state index in [2.05, 4.69) is 10.2 Å². The van der Waals surface area contributed by atoms with Crippen LogP contribution in [-0.2, 0) is 28.3 Å². The van der Waals surface area contributed by atoms with Crippen molar-refractivity contribution in [3.8, 4) is 5.88 Å². The number of aromatic hydroxyl groups is 1. The highest BCUT2D eigenvalue weighted by Crippen LogP contribution is 2.40. The first-order valence-corrected chi connectivity index (χ1v) is 11.8. The topological polar surface area (TPSA) is 93.2 Å². The average molecular weight is 555 g/mol. The molecule has 0 saturated carbocycles. The predicted octanol–water partition coefficient (Wildman–Crippen LogP) is 3.55. The molecule has 0 bridgehead atoms. The van der Waals surface area contributed by atoms with Gasteiger partial charge in [-0.15, -0.1) is 0 Å². The molecule has 2 aromatic carbocycles. The van der Waals surface area contributed by atoms with E-state index in [1.165, 1.54) is 24.4 Å². The molecule has 3 heterocycles. The number of fused-ring (bicyclic) bond motifs is 1. The molecule has 0 spiro atoms. The molecule has 1 atom stereocenters. The van der Waals surface area contributed by atoms with Crippen molar-refractivity contribution in [2.45, 2.75) is 31.2 Å². The SMILES string of the molecule is O=C1OCCC1n1c(O)c(C(Cc2ccc(C(F)(F)F)cc2C(F)(F)F)=c2ccc3c(c2)C=NN=3)sc1=O. The zero-order valence-corrected chi connectivity index (χ0v) is 19.7. The number of aromatic nitrogens is 1. The van der Waals surface area contributed by atoms with Gasteiger partial charge in [0.25, 0.3) is 0 Å². The van der Waals surface area contributed by atoms with Gasteiger partial charge in [0.1, 0.15) is 6.04 Å². The van der Waals surface area contributed by atoms with Crippen LogP contribution >= 0.6 is 11.3 Å². The molecular weight excluding hydrogens is 540 g/mol. The second kappa shape index (κ2) is 9.11. The lowest BCUT2D eigenvalue weighted by Crippen LogP contribution is -2.22. The normalized spacial score (nSPS) is 17.8. The number of nitrogens with zero attached hydrogens (tertiary/aromatic N) is 3. The van der Waals surface area contributed by atoms with Crippen LogP contribution in [0.15, 0.2) is 51.4 Å². The Morgan fingerprint density at radius 2 is 1.84 bits per heavy atom. The van der Waals surface area contributed by atoms with Gasteiger partial charge in [0.05, 0.1) is 34.2 Å². The zero-order chi connectivity index (χ0) is 27.4. The van der Waals surface area contributed by atoms with Crippen LogP contribution in [0.3, 0.4) is 0 Å². The van der Waals surface area contributed by atoms with Crippen molar-refractivity contribution in [2.24, 2.45) is 10.2 Å². The van der Waals surface area contributed by atoms with E-state index in [-0.39, 0.29) is 34.8 Å². The summed E-state index contributed by atoms with van der Waals surface area (Å²) in [7, 11) is 0. The molecule has 7 nitrogen and oxygen atoms in total. The van der Waals surface area contributed by atoms with E-state index in [1.807, 2.05) is 0 Å². The lowest BCUT2D eigenvalue weighted by Gasteiger charge is -2.17. The monoisotopic (exact) mass is 555 g/mol. The Morgan fingerprint density at radius 1 is 1.08 bits per heavy atom. The molecule has 1 fully saturated rings. The highest BCUT2D eigenvalue weighted by molar-refractivity contribution is 7.10. The molecule has 38 heavy (non-hydrogen) atoms. The van der Waals surface area contributed by atoms with Gasteiger partial charge in [-0.3, -0.25) is 9.36 Å². The van der Waals surface area contributed by atoms with Gasteiger partial charge in [-0.25, -0.2) is 4.79 Å². The van der Waals surface area contributed by atoms with Crippen LogP contribution in [0.1, 0.15) is 39.6 Å². The fourth-order valence-corrected chi connectivity index (χ4v) is 5.32. The maximum atomic E-state index is 13.9. The van der Waals surface area contributed by atoms with Crippen LogP contribution in [-0.4, -0.2) is 28.5 Å². The number of carbonyl (C=O) groups is 1. The van der Waals surface area contributed by atoms with Crippen LogP contribution in [0.2, 0.25) is 0 Å². The van der Waals surface area contributed by atoms with E-state index < -0.39 is 58.2 Å². The minimum atomic E-state index is -5.13. The maximum Gasteiger partial charge on any atom is 0.416 e. The van der Waals surface area contributed by atoms with Crippen molar-refractivity contribution in [1.82, 2.24) is 4.57 Å². The zero-order valence-electron chi connectivity index (χ0n) is 18.9. The first-order chi connectivity index (χ1) is 17.8. The Labute approximate surface area is 212 Å². The third-order valence-corrected chi connectivity index (χ3v) is 7.16. The lowest BCUT2D eigenvalue weighted by atomic mass is 9.94. The predicted molar refractivity (Wildman–Crippen MR) is 122 cm³/mol. The number of cyclic esters (lactones) is 1. The van der Waals surface area contributed by atoms with Crippen LogP contribution < -0.4 is 15.4 Å². The quantitative estimate of drug-likeness (QED) is 0.394. The Bertz CT molecular complexity index is 1670. The summed E-state index contributed by atoms with van der Waals surface area (Å²) in [4.78, 5) is 24.0. The summed E-state index contributed by atoms with van der Waals surface area (Å²) in [5.41, 5.74) is -2.94. The molecule has 3 aromatic rings. The van der Waals surface area contributed by atoms with Crippen LogP contribution in [0.4, 0.5) is 26.3 Å². The Hall–Kier alpha value is -3.94. The first kappa shape index (κ1) is 25.7. The van der Waals surface area contributed by atoms with Crippen LogP contribution in [0, 0.1) is 0 Å². The molecule has 14 heteroatoms. The van der Waals surface area contributed by atoms with E-state index in [4.69, 9.17) is 4.74 Å². The van der Waals surface area contributed by atoms with Crippen molar-refractivity contribution in [1.29, 1.82) is 0 Å². The molecule has 1 unspecified atom stereocenters. The summed E-state index contributed by atoms with van der Waals surface area (Å²) in [5.74, 6) is -1.40. The van der Waals surface area contributed by atoms with Gasteiger partial charge in [0.15, 0.2) is 0 Å². The third kappa shape index (κ3) is 4.59. The second-order valence-electron chi connectivity index (χ2n) is 8.50. The van der Waals surface area contributed by atoms with Crippen molar-refractivity contribution >= 4 is 29.1 Å². The van der Waals surface area contributed by atoms with E-state index in [1.54, 1.807) is 0 Å². The number of hydrogen-bond acceptors (Lipinski definition) is 7. The van der Waals surface area contributed by atoms with Gasteiger partial charge in [0, 0.05) is 18.4 Å². The molecular formula is C24H15F6N3O4S. The van der Waals surface area contributed by atoms with Crippen molar-refractivity contribution in [3.63, 3.8) is 0 Å². The largest absolute Gasteiger partial charge is 0.493 e. The Morgan fingerprint density at radius 3 is 2.50 bits per heavy atom. The third-order valence-electron chi connectivity index (χ3n) is 6.16. The summed E-state index contributed by atoms with van der Waals surface area (Å²) in [6, 6.07) is 4.72. The van der Waals surface area contributed by atoms with Gasteiger partial charge in [-0.05, 0) is 40.6 Å². The number of carbonyl (C=O) groups excluding carboxylic acids is 1. The molecule has 2 aliphatic rings. The molecule has 0 radical (unpaired) electrons. The highest BCUT2D eigenvalue weighted by Gasteiger charge is 2.39. The number of benzene rings is 2. The van der Waals surface area contributed by atoms with E-state index >= 15 is 0 Å². The molecule has 5 rings (SSSR count). The van der Waals surface area contributed by atoms with Crippen LogP contribution in [0.5, 0.6) is 5.88 Å². The maximum absolute atomic E-state index is 13.9. The molecule has 1 N–H and O–H groups in total. The fourth-order valence-electron chi connectivity index (χ4n) is 4.33. The standard InChI is InChI=1S/C24H15F6N3O4S/c25-23(26,27)14-3-1-12(16(9-14)24(28,29)30)8-15(11-2-4-17-13(7-11)10-31-32-17)19-20(34)33(22(36)38-19)18-5-6-37-21(18)35/h1-4,7,9-10,18,34H,5-6,8H2. The summed E-state index contributed by atoms with van der Waals surface area (Å²) in [6.45, 7) is 0.0191. The Kier molecular flexibility index (Phi) is 6.16. The van der Waals surface area contributed by atoms with Crippen molar-refractivity contribution in [2.75, 3.05) is 6.61 Å². The number of hydrogen-bond donors (Lipinski definition) is 1. The highest BCUT2D eigenvalue weighted by atomic mass is 32.1. The second-order valence-corrected chi connectivity index (χ2v) is 9.47. The summed E-state index contributed by atoms with van der Waals surface area (Å²) in [6.07, 6.45) is -9.22. The van der Waals surface area contributed by atoms with Gasteiger partial charge in [-0.2, -0.15) is 36.5 Å². The number of rotatable bonds is 4. The van der Waals surface area contributed by atoms with Gasteiger partial charge in [0.2, 0.25) is 5.88 Å². The smallest absolute Gasteiger partial charge is 0.416 e. The molecule has 0 amide bonds. The molecule has 198 valence electrons. The number of thiazole rings is 1. The number of ether oxygens (including phenoxy) is 1. The molecule has 1 saturated heterocycles. The lowest BCUT2D eigenvalue weighted by molar-refractivity contribution is -0.143. The van der Waals surface area contributed by atoms with E-state index in [9.17, 15) is 41.0 Å². The van der Waals surface area contributed by atoms with Gasteiger partial charge >= 0.3 is 23.2 Å². The fraction of sp³-hybridized carbons (Fsp3) is 0.250. The first-order valence-electron chi connectivity index (χ1n) is 11.0. The summed E-state index contributed by atoms with van der Waals surface area (Å²) < 4.78 is 86.9. The van der Waals surface area contributed by atoms with E-state index in [0.717, 1.165) is 10.6 Å². The summed E-state index contributed by atoms with van der Waals surface area (Å²) in [5, 5.41) is 19.4. The average Bonchev–Trinajstić information content (AvgIpc) is 3.54. The van der Waals surface area contributed by atoms with Gasteiger partial charge in [-0.1, -0.05) is 23.5 Å². The Balaban J connectivity index is 1.73. The van der Waals surface area contributed by atoms with Crippen molar-refractivity contribution in [3.05, 3.63) is 83.8 Å². The number of alkyl halides is 6. The van der Waals surface area contributed by atoms with Crippen molar-refractivity contribution < 1.29 is 41.0 Å².